The molecule has 1 aromatic heterocycles. The Hall–Kier alpha value is -4.70. The summed E-state index contributed by atoms with van der Waals surface area (Å²) in [6.07, 6.45) is 0.878. The number of hydrogen-bond donors (Lipinski definition) is 10. The second-order valence-electron chi connectivity index (χ2n) is 9.26. The standard InChI is InChI=1S/C25H36N8O8/c26-15(12-34)21(37)31-17(6-3-9-29-25(27)28)22(38)32-18(7-8-20(35)36)23(39)33-19(24(40)41)10-13-11-30-16-5-2-1-4-14(13)16/h1-2,4-5,11,15,17-19,30,34H,3,6-10,12,26H2,(H,31,37)(H,32,38)(H,33,39)(H,35,36)(H,40,41)(H4,27,28,29). The van der Waals surface area contributed by atoms with Crippen LogP contribution in [0.5, 0.6) is 0 Å². The number of aliphatic hydroxyl groups excluding tert-OH is 1. The molecule has 4 unspecified atom stereocenters. The number of carboxylic acid groups (broad SMARTS) is 2. The highest BCUT2D eigenvalue weighted by Crippen LogP contribution is 2.19. The Morgan fingerprint density at radius 2 is 1.51 bits per heavy atom. The Morgan fingerprint density at radius 3 is 2.12 bits per heavy atom. The average molecular weight is 577 g/mol. The number of benzene rings is 1. The number of nitrogens with one attached hydrogen (secondary N) is 4. The van der Waals surface area contributed by atoms with Gasteiger partial charge in [-0.25, -0.2) is 4.79 Å². The zero-order valence-corrected chi connectivity index (χ0v) is 22.2. The molecule has 0 saturated heterocycles. The van der Waals surface area contributed by atoms with Crippen LogP contribution in [0.15, 0.2) is 35.5 Å². The first kappa shape index (κ1) is 32.5. The van der Waals surface area contributed by atoms with Crippen LogP contribution < -0.4 is 33.2 Å². The van der Waals surface area contributed by atoms with Gasteiger partial charge in [-0.1, -0.05) is 18.2 Å². The van der Waals surface area contributed by atoms with Crippen molar-refractivity contribution in [3.8, 4) is 0 Å². The van der Waals surface area contributed by atoms with E-state index in [1.165, 1.54) is 0 Å². The number of aliphatic carboxylic acids is 2. The molecule has 0 aliphatic rings. The maximum absolute atomic E-state index is 13.2. The van der Waals surface area contributed by atoms with Crippen LogP contribution in [-0.2, 0) is 30.4 Å². The number of guanidine groups is 1. The minimum Gasteiger partial charge on any atom is -0.481 e. The molecule has 1 aromatic carbocycles. The first-order valence-corrected chi connectivity index (χ1v) is 12.8. The van der Waals surface area contributed by atoms with E-state index in [1.807, 2.05) is 12.1 Å². The maximum Gasteiger partial charge on any atom is 0.326 e. The van der Waals surface area contributed by atoms with Gasteiger partial charge in [0, 0.05) is 36.5 Å². The van der Waals surface area contributed by atoms with Crippen LogP contribution in [0.2, 0.25) is 0 Å². The van der Waals surface area contributed by atoms with E-state index in [2.05, 4.69) is 25.9 Å². The van der Waals surface area contributed by atoms with E-state index in [0.29, 0.717) is 5.56 Å². The predicted molar refractivity (Wildman–Crippen MR) is 147 cm³/mol. The predicted octanol–water partition coefficient (Wildman–Crippen LogP) is -2.51. The molecule has 0 fully saturated rings. The second kappa shape index (κ2) is 15.8. The molecule has 0 saturated carbocycles. The van der Waals surface area contributed by atoms with Crippen LogP contribution in [-0.4, -0.2) is 93.2 Å². The number of rotatable bonds is 17. The maximum atomic E-state index is 13.2. The summed E-state index contributed by atoms with van der Waals surface area (Å²) >= 11 is 0. The monoisotopic (exact) mass is 576 g/mol. The zero-order chi connectivity index (χ0) is 30.5. The number of aromatic amines is 1. The molecule has 0 radical (unpaired) electrons. The number of carbonyl (C=O) groups is 5. The SMILES string of the molecule is NC(N)=NCCCC(NC(=O)C(N)CO)C(=O)NC(CCC(=O)O)C(=O)NC(Cc1c[nH]c2ccccc12)C(=O)O. The third-order valence-electron chi connectivity index (χ3n) is 6.11. The third-order valence-corrected chi connectivity index (χ3v) is 6.11. The molecule has 3 amide bonds. The summed E-state index contributed by atoms with van der Waals surface area (Å²) < 4.78 is 0. The Morgan fingerprint density at radius 1 is 0.902 bits per heavy atom. The molecule has 13 N–H and O–H groups in total. The highest BCUT2D eigenvalue weighted by Gasteiger charge is 2.31. The summed E-state index contributed by atoms with van der Waals surface area (Å²) in [6.45, 7) is -0.573. The molecule has 1 heterocycles. The van der Waals surface area contributed by atoms with Crippen molar-refractivity contribution in [2.24, 2.45) is 22.2 Å². The van der Waals surface area contributed by atoms with E-state index in [1.54, 1.807) is 18.3 Å². The van der Waals surface area contributed by atoms with Crippen molar-refractivity contribution in [1.82, 2.24) is 20.9 Å². The van der Waals surface area contributed by atoms with Crippen LogP contribution in [0, 0.1) is 0 Å². The zero-order valence-electron chi connectivity index (χ0n) is 22.2. The van der Waals surface area contributed by atoms with E-state index in [9.17, 15) is 29.1 Å². The lowest BCUT2D eigenvalue weighted by atomic mass is 10.0. The Bertz CT molecular complexity index is 1260. The van der Waals surface area contributed by atoms with Gasteiger partial charge in [0.25, 0.3) is 0 Å². The average Bonchev–Trinajstić information content (AvgIpc) is 3.33. The number of aromatic nitrogens is 1. The van der Waals surface area contributed by atoms with Gasteiger partial charge >= 0.3 is 11.9 Å². The lowest BCUT2D eigenvalue weighted by Gasteiger charge is -2.25. The molecule has 0 aliphatic carbocycles. The summed E-state index contributed by atoms with van der Waals surface area (Å²) in [6, 6.07) is 1.77. The molecular weight excluding hydrogens is 540 g/mol. The van der Waals surface area contributed by atoms with Crippen LogP contribution in [0.4, 0.5) is 0 Å². The number of hydrogen-bond acceptors (Lipinski definition) is 8. The first-order chi connectivity index (χ1) is 19.4. The molecule has 2 aromatic rings. The molecule has 0 spiro atoms. The number of nitrogens with two attached hydrogens (primary N) is 3. The van der Waals surface area contributed by atoms with Crippen molar-refractivity contribution in [3.05, 3.63) is 36.0 Å². The number of aliphatic hydroxyl groups is 1. The van der Waals surface area contributed by atoms with Crippen molar-refractivity contribution in [2.75, 3.05) is 13.2 Å². The highest BCUT2D eigenvalue weighted by molar-refractivity contribution is 5.94. The van der Waals surface area contributed by atoms with Gasteiger partial charge in [-0.2, -0.15) is 0 Å². The van der Waals surface area contributed by atoms with Gasteiger partial charge in [0.05, 0.1) is 6.61 Å². The van der Waals surface area contributed by atoms with Crippen molar-refractivity contribution in [1.29, 1.82) is 0 Å². The van der Waals surface area contributed by atoms with Crippen molar-refractivity contribution >= 4 is 46.5 Å². The van der Waals surface area contributed by atoms with Crippen LogP contribution >= 0.6 is 0 Å². The molecule has 0 bridgehead atoms. The molecule has 2 rings (SSSR count). The topological polar surface area (TPSA) is 288 Å². The molecule has 16 heteroatoms. The Balaban J connectivity index is 2.21. The highest BCUT2D eigenvalue weighted by atomic mass is 16.4. The fraction of sp³-hybridized carbons (Fsp3) is 0.440. The fourth-order valence-electron chi connectivity index (χ4n) is 3.94. The number of carboxylic acids is 2. The summed E-state index contributed by atoms with van der Waals surface area (Å²) in [5, 5.41) is 36.0. The van der Waals surface area contributed by atoms with Crippen LogP contribution in [0.3, 0.4) is 0 Å². The van der Waals surface area contributed by atoms with Crippen molar-refractivity contribution in [3.63, 3.8) is 0 Å². The molecule has 41 heavy (non-hydrogen) atoms. The van der Waals surface area contributed by atoms with Gasteiger partial charge in [-0.05, 0) is 30.9 Å². The lowest BCUT2D eigenvalue weighted by molar-refractivity contribution is -0.143. The first-order valence-electron chi connectivity index (χ1n) is 12.8. The third kappa shape index (κ3) is 10.4. The van der Waals surface area contributed by atoms with E-state index in [0.717, 1.165) is 10.9 Å². The summed E-state index contributed by atoms with van der Waals surface area (Å²) in [5.41, 5.74) is 17.5. The normalized spacial score (nSPS) is 13.8. The molecule has 0 aliphatic heterocycles. The largest absolute Gasteiger partial charge is 0.481 e. The van der Waals surface area contributed by atoms with Gasteiger partial charge in [0.2, 0.25) is 17.7 Å². The molecule has 4 atom stereocenters. The minimum atomic E-state index is -1.45. The number of aliphatic imine (C=N–C) groups is 1. The second-order valence-corrected chi connectivity index (χ2v) is 9.26. The number of nitrogens with zero attached hydrogens (tertiary/aromatic N) is 1. The van der Waals surface area contributed by atoms with E-state index < -0.39 is 66.9 Å². The summed E-state index contributed by atoms with van der Waals surface area (Å²) in [5.74, 6) is -5.39. The molecule has 16 nitrogen and oxygen atoms in total. The lowest BCUT2D eigenvalue weighted by Crippen LogP contribution is -2.57. The number of fused-ring (bicyclic) bond motifs is 1. The minimum absolute atomic E-state index is 0.00190. The van der Waals surface area contributed by atoms with Crippen molar-refractivity contribution < 1.29 is 39.3 Å². The molecular formula is C25H36N8O8. The van der Waals surface area contributed by atoms with Crippen LogP contribution in [0.1, 0.15) is 31.2 Å². The van der Waals surface area contributed by atoms with Gasteiger partial charge in [0.15, 0.2) is 5.96 Å². The number of H-pyrrole nitrogens is 1. The van der Waals surface area contributed by atoms with Gasteiger partial charge in [-0.15, -0.1) is 0 Å². The van der Waals surface area contributed by atoms with E-state index >= 15 is 0 Å². The summed E-state index contributed by atoms with van der Waals surface area (Å²) in [4.78, 5) is 68.6. The van der Waals surface area contributed by atoms with Gasteiger partial charge in [0.1, 0.15) is 24.2 Å². The fourth-order valence-corrected chi connectivity index (χ4v) is 3.94. The van der Waals surface area contributed by atoms with E-state index in [4.69, 9.17) is 27.4 Å². The Labute approximate surface area is 234 Å². The van der Waals surface area contributed by atoms with Gasteiger partial charge in [-0.3, -0.25) is 24.2 Å². The molecule has 224 valence electrons. The van der Waals surface area contributed by atoms with Gasteiger partial charge < -0.3 is 53.5 Å². The smallest absolute Gasteiger partial charge is 0.326 e. The van der Waals surface area contributed by atoms with E-state index in [-0.39, 0.29) is 38.2 Å². The van der Waals surface area contributed by atoms with Crippen molar-refractivity contribution in [2.45, 2.75) is 56.3 Å². The quantitative estimate of drug-likeness (QED) is 0.0533. The number of amides is 3. The number of carbonyl (C=O) groups excluding carboxylic acids is 3. The number of para-hydroxylation sites is 1. The van der Waals surface area contributed by atoms with Crippen LogP contribution in [0.25, 0.3) is 10.9 Å². The summed E-state index contributed by atoms with van der Waals surface area (Å²) in [7, 11) is 0. The Kier molecular flexibility index (Phi) is 12.5.